The molecule has 2 aromatic rings. The van der Waals surface area contributed by atoms with E-state index in [0.29, 0.717) is 17.9 Å². The first kappa shape index (κ1) is 15.7. The van der Waals surface area contributed by atoms with E-state index in [4.69, 9.17) is 5.73 Å². The minimum Gasteiger partial charge on any atom is -0.504 e. The lowest BCUT2D eigenvalue weighted by Gasteiger charge is -2.15. The molecule has 1 amide bonds. The number of aromatic hydroxyl groups is 3. The summed E-state index contributed by atoms with van der Waals surface area (Å²) >= 11 is 0. The molecule has 0 bridgehead atoms. The molecule has 5 nitrogen and oxygen atoms in total. The molecule has 2 aromatic carbocycles. The maximum Gasteiger partial charge on any atom is 0.252 e. The van der Waals surface area contributed by atoms with Gasteiger partial charge in [0.15, 0.2) is 11.5 Å². The molecule has 0 unspecified atom stereocenters. The monoisotopic (exact) mass is 301 g/mol. The van der Waals surface area contributed by atoms with Gasteiger partial charge in [0.25, 0.3) is 5.91 Å². The molecule has 116 valence electrons. The molecule has 0 heterocycles. The first-order valence-electron chi connectivity index (χ1n) is 6.97. The van der Waals surface area contributed by atoms with Crippen LogP contribution in [0, 0.1) is 0 Å². The van der Waals surface area contributed by atoms with Gasteiger partial charge in [-0.2, -0.15) is 0 Å². The van der Waals surface area contributed by atoms with Crippen molar-refractivity contribution in [1.82, 2.24) is 0 Å². The van der Waals surface area contributed by atoms with Crippen molar-refractivity contribution in [2.45, 2.75) is 26.2 Å². The number of benzene rings is 2. The molecule has 0 aromatic heterocycles. The highest BCUT2D eigenvalue weighted by Gasteiger charge is 2.20. The lowest BCUT2D eigenvalue weighted by atomic mass is 9.92. The van der Waals surface area contributed by atoms with Gasteiger partial charge in [-0.25, -0.2) is 0 Å². The third-order valence-corrected chi connectivity index (χ3v) is 3.65. The molecule has 0 radical (unpaired) electrons. The van der Waals surface area contributed by atoms with Crippen LogP contribution < -0.4 is 5.73 Å². The van der Waals surface area contributed by atoms with Gasteiger partial charge in [-0.05, 0) is 23.1 Å². The molecule has 0 aliphatic carbocycles. The Kier molecular flexibility index (Phi) is 4.26. The number of carbonyl (C=O) groups is 1. The summed E-state index contributed by atoms with van der Waals surface area (Å²) in [5.41, 5.74) is 7.37. The Labute approximate surface area is 128 Å². The number of hydrogen-bond donors (Lipinski definition) is 4. The summed E-state index contributed by atoms with van der Waals surface area (Å²) in [5.74, 6) is -2.45. The van der Waals surface area contributed by atoms with Gasteiger partial charge in [0.1, 0.15) is 0 Å². The molecular weight excluding hydrogens is 282 g/mol. The van der Waals surface area contributed by atoms with Crippen LogP contribution >= 0.6 is 0 Å². The second-order valence-corrected chi connectivity index (χ2v) is 5.52. The standard InChI is InChI=1S/C17H19NO4/c1-9(2)12-6-4-3-5-10(12)7-11-8-13(17(18)22)15(20)16(21)14(11)19/h3-6,8-9,19-21H,7H2,1-2H3,(H2,18,22). The maximum absolute atomic E-state index is 11.3. The molecule has 2 rings (SSSR count). The van der Waals surface area contributed by atoms with Crippen molar-refractivity contribution in [1.29, 1.82) is 0 Å². The quantitative estimate of drug-likeness (QED) is 0.652. The molecule has 0 saturated carbocycles. The molecule has 0 spiro atoms. The van der Waals surface area contributed by atoms with Crippen molar-refractivity contribution in [3.63, 3.8) is 0 Å². The Morgan fingerprint density at radius 3 is 2.27 bits per heavy atom. The summed E-state index contributed by atoms with van der Waals surface area (Å²) in [6.45, 7) is 4.11. The van der Waals surface area contributed by atoms with Crippen LogP contribution in [0.2, 0.25) is 0 Å². The van der Waals surface area contributed by atoms with Crippen molar-refractivity contribution >= 4 is 5.91 Å². The second kappa shape index (κ2) is 5.97. The zero-order valence-corrected chi connectivity index (χ0v) is 12.5. The zero-order chi connectivity index (χ0) is 16.4. The third kappa shape index (κ3) is 2.83. The van der Waals surface area contributed by atoms with Crippen LogP contribution in [0.4, 0.5) is 0 Å². The second-order valence-electron chi connectivity index (χ2n) is 5.52. The Balaban J connectivity index is 2.53. The highest BCUT2D eigenvalue weighted by Crippen LogP contribution is 2.41. The average Bonchev–Trinajstić information content (AvgIpc) is 2.47. The van der Waals surface area contributed by atoms with Crippen LogP contribution in [-0.4, -0.2) is 21.2 Å². The van der Waals surface area contributed by atoms with Crippen molar-refractivity contribution < 1.29 is 20.1 Å². The predicted molar refractivity (Wildman–Crippen MR) is 83.3 cm³/mol. The van der Waals surface area contributed by atoms with Gasteiger partial charge < -0.3 is 21.1 Å². The van der Waals surface area contributed by atoms with Crippen LogP contribution in [0.1, 0.15) is 46.8 Å². The smallest absolute Gasteiger partial charge is 0.252 e. The van der Waals surface area contributed by atoms with E-state index in [2.05, 4.69) is 13.8 Å². The topological polar surface area (TPSA) is 104 Å². The van der Waals surface area contributed by atoms with E-state index >= 15 is 0 Å². The maximum atomic E-state index is 11.3. The number of amides is 1. The summed E-state index contributed by atoms with van der Waals surface area (Å²) in [7, 11) is 0. The van der Waals surface area contributed by atoms with Crippen LogP contribution in [-0.2, 0) is 6.42 Å². The number of rotatable bonds is 4. The van der Waals surface area contributed by atoms with Gasteiger partial charge >= 0.3 is 0 Å². The predicted octanol–water partition coefficient (Wildman–Crippen LogP) is 2.62. The van der Waals surface area contributed by atoms with E-state index in [-0.39, 0.29) is 5.56 Å². The fourth-order valence-corrected chi connectivity index (χ4v) is 2.49. The van der Waals surface area contributed by atoms with Gasteiger partial charge in [-0.3, -0.25) is 4.79 Å². The number of phenols is 3. The zero-order valence-electron chi connectivity index (χ0n) is 12.5. The SMILES string of the molecule is CC(C)c1ccccc1Cc1cc(C(N)=O)c(O)c(O)c1O. The van der Waals surface area contributed by atoms with Gasteiger partial charge in [-0.1, -0.05) is 38.1 Å². The number of phenolic OH excluding ortho intramolecular Hbond substituents is 2. The van der Waals surface area contributed by atoms with Crippen LogP contribution in [0.15, 0.2) is 30.3 Å². The summed E-state index contributed by atoms with van der Waals surface area (Å²) in [6, 6.07) is 9.04. The van der Waals surface area contributed by atoms with E-state index < -0.39 is 23.2 Å². The summed E-state index contributed by atoms with van der Waals surface area (Å²) in [4.78, 5) is 11.3. The average molecular weight is 301 g/mol. The van der Waals surface area contributed by atoms with Crippen molar-refractivity contribution in [3.8, 4) is 17.2 Å². The number of hydrogen-bond acceptors (Lipinski definition) is 4. The fourth-order valence-electron chi connectivity index (χ4n) is 2.49. The summed E-state index contributed by atoms with van der Waals surface area (Å²) in [5, 5.41) is 29.5. The number of primary amides is 1. The van der Waals surface area contributed by atoms with E-state index in [1.54, 1.807) is 0 Å². The lowest BCUT2D eigenvalue weighted by molar-refractivity contribution is 0.0997. The number of nitrogens with two attached hydrogens (primary N) is 1. The van der Waals surface area contributed by atoms with E-state index in [1.165, 1.54) is 6.07 Å². The Morgan fingerprint density at radius 2 is 1.68 bits per heavy atom. The van der Waals surface area contributed by atoms with Gasteiger partial charge in [0.05, 0.1) is 5.56 Å². The minimum atomic E-state index is -0.869. The van der Waals surface area contributed by atoms with Crippen molar-refractivity contribution in [3.05, 3.63) is 52.6 Å². The molecule has 0 saturated heterocycles. The highest BCUT2D eigenvalue weighted by molar-refractivity contribution is 5.97. The molecule has 5 heteroatoms. The van der Waals surface area contributed by atoms with E-state index in [1.807, 2.05) is 24.3 Å². The first-order valence-corrected chi connectivity index (χ1v) is 6.97. The van der Waals surface area contributed by atoms with Crippen molar-refractivity contribution in [2.75, 3.05) is 0 Å². The molecule has 0 fully saturated rings. The Hall–Kier alpha value is -2.69. The number of carbonyl (C=O) groups excluding carboxylic acids is 1. The molecule has 0 aliphatic rings. The third-order valence-electron chi connectivity index (χ3n) is 3.65. The van der Waals surface area contributed by atoms with Gasteiger partial charge in [-0.15, -0.1) is 0 Å². The summed E-state index contributed by atoms with van der Waals surface area (Å²) in [6.07, 6.45) is 0.314. The summed E-state index contributed by atoms with van der Waals surface area (Å²) < 4.78 is 0. The Bertz CT molecular complexity index is 723. The van der Waals surface area contributed by atoms with Gasteiger partial charge in [0, 0.05) is 12.0 Å². The normalized spacial score (nSPS) is 10.9. The molecule has 22 heavy (non-hydrogen) atoms. The molecule has 0 aliphatic heterocycles. The molecule has 5 N–H and O–H groups in total. The van der Waals surface area contributed by atoms with E-state index in [0.717, 1.165) is 11.1 Å². The molecular formula is C17H19NO4. The van der Waals surface area contributed by atoms with Crippen LogP contribution in [0.3, 0.4) is 0 Å². The Morgan fingerprint density at radius 1 is 1.05 bits per heavy atom. The van der Waals surface area contributed by atoms with Crippen molar-refractivity contribution in [2.24, 2.45) is 5.73 Å². The molecule has 0 atom stereocenters. The van der Waals surface area contributed by atoms with Gasteiger partial charge in [0.2, 0.25) is 5.75 Å². The lowest BCUT2D eigenvalue weighted by Crippen LogP contribution is -2.12. The van der Waals surface area contributed by atoms with Crippen LogP contribution in [0.5, 0.6) is 17.2 Å². The first-order chi connectivity index (χ1) is 10.3. The largest absolute Gasteiger partial charge is 0.504 e. The van der Waals surface area contributed by atoms with E-state index in [9.17, 15) is 20.1 Å². The highest BCUT2D eigenvalue weighted by atomic mass is 16.3. The fraction of sp³-hybridized carbons (Fsp3) is 0.235. The van der Waals surface area contributed by atoms with Crippen LogP contribution in [0.25, 0.3) is 0 Å². The minimum absolute atomic E-state index is 0.215.